The molecule has 8 heteroatoms. The molecule has 0 radical (unpaired) electrons. The fraction of sp³-hybridized carbons (Fsp3) is 0.467. The van der Waals surface area contributed by atoms with Gasteiger partial charge in [-0.1, -0.05) is 12.2 Å². The number of nitrogens with one attached hydrogen (secondary N) is 1. The lowest BCUT2D eigenvalue weighted by atomic mass is 10.0. The Morgan fingerprint density at radius 1 is 1.35 bits per heavy atom. The summed E-state index contributed by atoms with van der Waals surface area (Å²) in [5, 5.41) is 29.7. The minimum Gasteiger partial charge on any atom is -0.394 e. The molecule has 0 bridgehead atoms. The SMILES string of the molecule is Cc1nc2[nH]c(=S)c([C@@H]3O[C@H](CO)C(O)[C@@H]3O)cc2c(C)c1F. The molecule has 23 heavy (non-hydrogen) atoms. The van der Waals surface area contributed by atoms with E-state index in [-0.39, 0.29) is 10.3 Å². The summed E-state index contributed by atoms with van der Waals surface area (Å²) in [7, 11) is 0. The minimum atomic E-state index is -1.23. The van der Waals surface area contributed by atoms with Crippen LogP contribution in [0.1, 0.15) is 22.9 Å². The smallest absolute Gasteiger partial charge is 0.148 e. The van der Waals surface area contributed by atoms with Crippen molar-refractivity contribution in [2.45, 2.75) is 38.3 Å². The van der Waals surface area contributed by atoms with Gasteiger partial charge in [0, 0.05) is 10.9 Å². The lowest BCUT2D eigenvalue weighted by Crippen LogP contribution is -2.32. The largest absolute Gasteiger partial charge is 0.394 e. The van der Waals surface area contributed by atoms with Crippen molar-refractivity contribution in [3.63, 3.8) is 0 Å². The van der Waals surface area contributed by atoms with Crippen LogP contribution in [-0.4, -0.2) is 50.2 Å². The number of halogens is 1. The molecule has 1 aliphatic heterocycles. The van der Waals surface area contributed by atoms with E-state index in [1.807, 2.05) is 0 Å². The molecule has 3 rings (SSSR count). The van der Waals surface area contributed by atoms with E-state index < -0.39 is 36.8 Å². The maximum atomic E-state index is 14.1. The number of nitrogens with zero attached hydrogens (tertiary/aromatic N) is 1. The van der Waals surface area contributed by atoms with Gasteiger partial charge in [0.15, 0.2) is 0 Å². The Bertz CT molecular complexity index is 825. The molecule has 0 spiro atoms. The van der Waals surface area contributed by atoms with E-state index in [1.165, 1.54) is 0 Å². The normalized spacial score (nSPS) is 27.7. The summed E-state index contributed by atoms with van der Waals surface area (Å²) in [5.74, 6) is -0.407. The number of aliphatic hydroxyl groups is 3. The van der Waals surface area contributed by atoms with Crippen molar-refractivity contribution in [2.75, 3.05) is 6.61 Å². The van der Waals surface area contributed by atoms with Crippen LogP contribution >= 0.6 is 12.2 Å². The summed E-state index contributed by atoms with van der Waals surface area (Å²) in [6.45, 7) is 2.77. The number of rotatable bonds is 2. The molecular formula is C15H17FN2O4S. The maximum Gasteiger partial charge on any atom is 0.148 e. The zero-order valence-electron chi connectivity index (χ0n) is 12.6. The van der Waals surface area contributed by atoms with Crippen molar-refractivity contribution in [3.05, 3.63) is 33.3 Å². The lowest BCUT2D eigenvalue weighted by molar-refractivity contribution is -0.0229. The first-order valence-electron chi connectivity index (χ1n) is 7.17. The Labute approximate surface area is 136 Å². The first kappa shape index (κ1) is 16.4. The number of hydrogen-bond acceptors (Lipinski definition) is 6. The molecule has 0 saturated carbocycles. The number of H-pyrrole nitrogens is 1. The van der Waals surface area contributed by atoms with Crippen molar-refractivity contribution in [1.82, 2.24) is 9.97 Å². The standard InChI is InChI=1S/C15H17FN2O4S/c1-5-7-3-8(13-12(21)11(20)9(4-19)22-13)15(23)18-14(7)17-6(2)10(5)16/h3,9,11-13,19-21H,4H2,1-2H3,(H,17,18,23)/t9-,11?,12+,13+/m1/s1. The number of aromatic amines is 1. The monoisotopic (exact) mass is 340 g/mol. The van der Waals surface area contributed by atoms with Gasteiger partial charge in [-0.05, 0) is 25.5 Å². The van der Waals surface area contributed by atoms with Gasteiger partial charge in [0.2, 0.25) is 0 Å². The Kier molecular flexibility index (Phi) is 4.19. The Morgan fingerprint density at radius 3 is 2.65 bits per heavy atom. The lowest BCUT2D eigenvalue weighted by Gasteiger charge is -2.16. The number of pyridine rings is 2. The van der Waals surface area contributed by atoms with Crippen LogP contribution in [0.3, 0.4) is 0 Å². The highest BCUT2D eigenvalue weighted by molar-refractivity contribution is 7.71. The van der Waals surface area contributed by atoms with Crippen LogP contribution < -0.4 is 0 Å². The maximum absolute atomic E-state index is 14.1. The van der Waals surface area contributed by atoms with Gasteiger partial charge in [0.1, 0.15) is 40.5 Å². The highest BCUT2D eigenvalue weighted by atomic mass is 32.1. The van der Waals surface area contributed by atoms with Crippen LogP contribution in [0.5, 0.6) is 0 Å². The number of aromatic nitrogens is 2. The molecular weight excluding hydrogens is 323 g/mol. The van der Waals surface area contributed by atoms with Gasteiger partial charge in [-0.15, -0.1) is 0 Å². The van der Waals surface area contributed by atoms with E-state index in [2.05, 4.69) is 9.97 Å². The highest BCUT2D eigenvalue weighted by Crippen LogP contribution is 2.35. The fourth-order valence-electron chi connectivity index (χ4n) is 2.88. The third-order valence-electron chi connectivity index (χ3n) is 4.23. The highest BCUT2D eigenvalue weighted by Gasteiger charge is 2.43. The van der Waals surface area contributed by atoms with Gasteiger partial charge in [-0.3, -0.25) is 0 Å². The third-order valence-corrected chi connectivity index (χ3v) is 4.57. The number of aliphatic hydroxyl groups excluding tert-OH is 3. The van der Waals surface area contributed by atoms with Crippen molar-refractivity contribution < 1.29 is 24.4 Å². The Hall–Kier alpha value is -1.45. The fourth-order valence-corrected chi connectivity index (χ4v) is 3.16. The predicted octanol–water partition coefficient (Wildman–Crippen LogP) is 1.20. The number of ether oxygens (including phenoxy) is 1. The van der Waals surface area contributed by atoms with Crippen LogP contribution in [0.4, 0.5) is 4.39 Å². The van der Waals surface area contributed by atoms with E-state index in [1.54, 1.807) is 19.9 Å². The molecule has 1 fully saturated rings. The second-order valence-corrected chi connectivity index (χ2v) is 6.12. The summed E-state index contributed by atoms with van der Waals surface area (Å²) < 4.78 is 19.8. The van der Waals surface area contributed by atoms with E-state index in [4.69, 9.17) is 17.0 Å². The predicted molar refractivity (Wildman–Crippen MR) is 83.1 cm³/mol. The summed E-state index contributed by atoms with van der Waals surface area (Å²) in [5.41, 5.74) is 1.54. The number of fused-ring (bicyclic) bond motifs is 1. The molecule has 2 aromatic heterocycles. The summed E-state index contributed by atoms with van der Waals surface area (Å²) in [4.78, 5) is 7.05. The van der Waals surface area contributed by atoms with Crippen LogP contribution in [0.15, 0.2) is 6.07 Å². The van der Waals surface area contributed by atoms with Crippen molar-refractivity contribution in [3.8, 4) is 0 Å². The van der Waals surface area contributed by atoms with Gasteiger partial charge in [0.25, 0.3) is 0 Å². The molecule has 6 nitrogen and oxygen atoms in total. The van der Waals surface area contributed by atoms with Gasteiger partial charge in [0.05, 0.1) is 12.3 Å². The van der Waals surface area contributed by atoms with Gasteiger partial charge in [-0.2, -0.15) is 0 Å². The van der Waals surface area contributed by atoms with E-state index in [9.17, 15) is 19.7 Å². The zero-order chi connectivity index (χ0) is 16.9. The molecule has 4 atom stereocenters. The molecule has 0 amide bonds. The number of aryl methyl sites for hydroxylation is 2. The summed E-state index contributed by atoms with van der Waals surface area (Å²) >= 11 is 5.28. The molecule has 1 saturated heterocycles. The second kappa shape index (κ2) is 5.88. The van der Waals surface area contributed by atoms with Gasteiger partial charge < -0.3 is 25.0 Å². The van der Waals surface area contributed by atoms with E-state index in [0.29, 0.717) is 22.2 Å². The number of hydrogen-bond donors (Lipinski definition) is 4. The Balaban J connectivity index is 2.16. The topological polar surface area (TPSA) is 98.6 Å². The van der Waals surface area contributed by atoms with Crippen LogP contribution in [0.25, 0.3) is 11.0 Å². The van der Waals surface area contributed by atoms with E-state index >= 15 is 0 Å². The van der Waals surface area contributed by atoms with Gasteiger partial charge >= 0.3 is 0 Å². The van der Waals surface area contributed by atoms with Gasteiger partial charge in [-0.25, -0.2) is 9.37 Å². The van der Waals surface area contributed by atoms with Crippen molar-refractivity contribution >= 4 is 23.3 Å². The molecule has 1 unspecified atom stereocenters. The summed E-state index contributed by atoms with van der Waals surface area (Å²) in [6, 6.07) is 1.61. The first-order valence-corrected chi connectivity index (χ1v) is 7.58. The van der Waals surface area contributed by atoms with Crippen LogP contribution in [-0.2, 0) is 4.74 Å². The molecule has 3 heterocycles. The molecule has 2 aromatic rings. The third kappa shape index (κ3) is 2.56. The molecule has 4 N–H and O–H groups in total. The van der Waals surface area contributed by atoms with E-state index in [0.717, 1.165) is 0 Å². The zero-order valence-corrected chi connectivity index (χ0v) is 13.4. The molecule has 0 aliphatic carbocycles. The van der Waals surface area contributed by atoms with Crippen LogP contribution in [0.2, 0.25) is 0 Å². The van der Waals surface area contributed by atoms with Crippen molar-refractivity contribution in [1.29, 1.82) is 0 Å². The Morgan fingerprint density at radius 2 is 2.04 bits per heavy atom. The minimum absolute atomic E-state index is 0.265. The average Bonchev–Trinajstić information content (AvgIpc) is 2.80. The molecule has 0 aromatic carbocycles. The summed E-state index contributed by atoms with van der Waals surface area (Å²) in [6.07, 6.45) is -4.25. The van der Waals surface area contributed by atoms with Crippen molar-refractivity contribution in [2.24, 2.45) is 0 Å². The first-order chi connectivity index (χ1) is 10.8. The molecule has 124 valence electrons. The van der Waals surface area contributed by atoms with Crippen LogP contribution in [0, 0.1) is 24.3 Å². The molecule has 1 aliphatic rings. The quantitative estimate of drug-likeness (QED) is 0.613. The second-order valence-electron chi connectivity index (χ2n) is 5.71. The average molecular weight is 340 g/mol.